The molecule has 28 heavy (non-hydrogen) atoms. The van der Waals surface area contributed by atoms with E-state index in [1.165, 1.54) is 6.92 Å². The lowest BCUT2D eigenvalue weighted by Crippen LogP contribution is -2.38. The number of hydrogen-bond acceptors (Lipinski definition) is 4. The Morgan fingerprint density at radius 1 is 1.32 bits per heavy atom. The van der Waals surface area contributed by atoms with E-state index >= 15 is 0 Å². The first-order valence-electron chi connectivity index (χ1n) is 8.35. The number of piperidine rings is 1. The van der Waals surface area contributed by atoms with E-state index in [0.717, 1.165) is 30.7 Å². The molecule has 0 saturated carbocycles. The molecule has 0 bridgehead atoms. The third-order valence-corrected chi connectivity index (χ3v) is 5.26. The highest BCUT2D eigenvalue weighted by atomic mass is 32.1. The highest BCUT2D eigenvalue weighted by molar-refractivity contribution is 7.17. The Labute approximate surface area is 161 Å². The van der Waals surface area contributed by atoms with Crippen LogP contribution in [0.25, 0.3) is 10.6 Å². The molecule has 156 valence electrons. The highest BCUT2D eigenvalue weighted by Gasteiger charge is 2.39. The monoisotopic (exact) mass is 428 g/mol. The molecule has 0 radical (unpaired) electrons. The van der Waals surface area contributed by atoms with Crippen molar-refractivity contribution in [1.82, 2.24) is 10.1 Å². The summed E-state index contributed by atoms with van der Waals surface area (Å²) >= 11 is 1.15. The second-order valence-corrected chi connectivity index (χ2v) is 7.48. The Morgan fingerprint density at radius 3 is 2.50 bits per heavy atom. The Bertz CT molecular complexity index is 799. The van der Waals surface area contributed by atoms with Gasteiger partial charge in [-0.1, -0.05) is 12.1 Å². The van der Waals surface area contributed by atoms with Crippen LogP contribution in [-0.4, -0.2) is 35.7 Å². The zero-order valence-electron chi connectivity index (χ0n) is 15.0. The number of rotatable bonds is 2. The number of hydrogen-bond donors (Lipinski definition) is 0. The van der Waals surface area contributed by atoms with Crippen molar-refractivity contribution >= 4 is 17.2 Å². The van der Waals surface area contributed by atoms with Gasteiger partial charge >= 0.3 is 12.9 Å². The van der Waals surface area contributed by atoms with E-state index in [2.05, 4.69) is 16.6 Å². The molecule has 1 amide bonds. The van der Waals surface area contributed by atoms with Crippen molar-refractivity contribution in [3.05, 3.63) is 28.3 Å². The minimum atomic E-state index is -4.57. The number of alkyl halides is 6. The van der Waals surface area contributed by atoms with Crippen LogP contribution in [0.15, 0.2) is 16.7 Å². The fourth-order valence-corrected chi connectivity index (χ4v) is 3.95. The van der Waals surface area contributed by atoms with E-state index < -0.39 is 18.6 Å². The van der Waals surface area contributed by atoms with Gasteiger partial charge in [0.1, 0.15) is 5.69 Å². The summed E-state index contributed by atoms with van der Waals surface area (Å²) < 4.78 is 71.8. The molecular formula is C17H18F6N2O2S. The Kier molecular flexibility index (Phi) is 7.13. The van der Waals surface area contributed by atoms with Crippen molar-refractivity contribution in [2.45, 2.75) is 39.5 Å². The molecule has 0 aliphatic carbocycles. The molecule has 1 aliphatic rings. The number of nitrogens with zero attached hydrogens (tertiary/aromatic N) is 2. The standard InChI is InChI=1S/C16H17F3N2O2S.CHF3/c1-9-4-3-7-21(8-9)15(22)12-6-5-11(24-12)13-10(2)14(23-20-13)16(17,18)19;2-1(3)4/h5-6,9H,3-4,7-8H2,1-2H3;1H. The van der Waals surface area contributed by atoms with Gasteiger partial charge < -0.3 is 9.42 Å². The second kappa shape index (κ2) is 8.97. The van der Waals surface area contributed by atoms with E-state index in [0.29, 0.717) is 22.2 Å². The van der Waals surface area contributed by atoms with Crippen LogP contribution < -0.4 is 0 Å². The van der Waals surface area contributed by atoms with Gasteiger partial charge in [-0.15, -0.1) is 11.3 Å². The molecule has 4 nitrogen and oxygen atoms in total. The van der Waals surface area contributed by atoms with Gasteiger partial charge in [0.05, 0.1) is 9.75 Å². The molecule has 1 saturated heterocycles. The largest absolute Gasteiger partial charge is 0.452 e. The first-order valence-corrected chi connectivity index (χ1v) is 9.17. The van der Waals surface area contributed by atoms with Crippen molar-refractivity contribution in [1.29, 1.82) is 0 Å². The number of halogens is 6. The number of aromatic nitrogens is 1. The average Bonchev–Trinajstić information content (AvgIpc) is 3.19. The zero-order valence-corrected chi connectivity index (χ0v) is 15.8. The van der Waals surface area contributed by atoms with Crippen LogP contribution in [0.3, 0.4) is 0 Å². The van der Waals surface area contributed by atoms with Crippen molar-refractivity contribution in [3.63, 3.8) is 0 Å². The van der Waals surface area contributed by atoms with Gasteiger partial charge in [0, 0.05) is 18.7 Å². The molecule has 0 N–H and O–H groups in total. The van der Waals surface area contributed by atoms with Gasteiger partial charge in [0.15, 0.2) is 0 Å². The summed E-state index contributed by atoms with van der Waals surface area (Å²) in [7, 11) is 0. The van der Waals surface area contributed by atoms with Crippen LogP contribution in [0, 0.1) is 12.8 Å². The van der Waals surface area contributed by atoms with E-state index in [-0.39, 0.29) is 17.2 Å². The highest BCUT2D eigenvalue weighted by Crippen LogP contribution is 2.38. The van der Waals surface area contributed by atoms with E-state index in [1.807, 2.05) is 0 Å². The van der Waals surface area contributed by atoms with Gasteiger partial charge in [-0.05, 0) is 37.8 Å². The quantitative estimate of drug-likeness (QED) is 0.570. The SMILES string of the molecule is Cc1c(-c2ccc(C(=O)N3CCCC(C)C3)s2)noc1C(F)(F)F.FC(F)F. The fraction of sp³-hybridized carbons (Fsp3) is 0.529. The summed E-state index contributed by atoms with van der Waals surface area (Å²) in [6, 6.07) is 3.26. The van der Waals surface area contributed by atoms with Gasteiger partial charge in [-0.25, -0.2) is 0 Å². The predicted molar refractivity (Wildman–Crippen MR) is 91.0 cm³/mol. The van der Waals surface area contributed by atoms with Crippen LogP contribution in [0.5, 0.6) is 0 Å². The lowest BCUT2D eigenvalue weighted by molar-refractivity contribution is -0.156. The summed E-state index contributed by atoms with van der Waals surface area (Å²) in [5.74, 6) is -0.701. The van der Waals surface area contributed by atoms with E-state index in [1.54, 1.807) is 17.0 Å². The minimum absolute atomic E-state index is 0.0602. The maximum absolute atomic E-state index is 12.8. The summed E-state index contributed by atoms with van der Waals surface area (Å²) in [6.07, 6.45) is -2.49. The van der Waals surface area contributed by atoms with Crippen molar-refractivity contribution < 1.29 is 35.7 Å². The number of thiophene rings is 1. The van der Waals surface area contributed by atoms with Crippen molar-refractivity contribution in [2.75, 3.05) is 13.1 Å². The molecule has 0 aromatic carbocycles. The van der Waals surface area contributed by atoms with Crippen LogP contribution in [0.4, 0.5) is 26.3 Å². The first kappa shape index (κ1) is 22.3. The summed E-state index contributed by atoms with van der Waals surface area (Å²) in [4.78, 5) is 15.4. The summed E-state index contributed by atoms with van der Waals surface area (Å²) in [6.45, 7) is 1.20. The third kappa shape index (κ3) is 5.49. The maximum atomic E-state index is 12.8. The minimum Gasteiger partial charge on any atom is -0.351 e. The third-order valence-electron chi connectivity index (χ3n) is 4.18. The Balaban J connectivity index is 0.000000640. The van der Waals surface area contributed by atoms with Crippen molar-refractivity contribution in [2.24, 2.45) is 5.92 Å². The normalized spacial score (nSPS) is 17.5. The van der Waals surface area contributed by atoms with E-state index in [9.17, 15) is 31.1 Å². The van der Waals surface area contributed by atoms with Crippen LogP contribution in [0.2, 0.25) is 0 Å². The lowest BCUT2D eigenvalue weighted by Gasteiger charge is -2.30. The molecule has 3 heterocycles. The number of carbonyl (C=O) groups is 1. The summed E-state index contributed by atoms with van der Waals surface area (Å²) in [5.41, 5.74) is 0.0772. The molecule has 2 aromatic rings. The lowest BCUT2D eigenvalue weighted by atomic mass is 10.0. The molecular weight excluding hydrogens is 410 g/mol. The molecule has 3 rings (SSSR count). The molecule has 11 heteroatoms. The van der Waals surface area contributed by atoms with Gasteiger partial charge in [0.2, 0.25) is 5.76 Å². The van der Waals surface area contributed by atoms with Gasteiger partial charge in [0.25, 0.3) is 5.91 Å². The average molecular weight is 428 g/mol. The van der Waals surface area contributed by atoms with Crippen LogP contribution in [-0.2, 0) is 6.18 Å². The van der Waals surface area contributed by atoms with Gasteiger partial charge in [-0.2, -0.15) is 26.3 Å². The second-order valence-electron chi connectivity index (χ2n) is 6.39. The number of carbonyl (C=O) groups excluding carboxylic acids is 1. The van der Waals surface area contributed by atoms with E-state index in [4.69, 9.17) is 0 Å². The molecule has 2 aromatic heterocycles. The first-order chi connectivity index (χ1) is 13.0. The molecule has 1 unspecified atom stereocenters. The maximum Gasteiger partial charge on any atom is 0.452 e. The molecule has 0 spiro atoms. The van der Waals surface area contributed by atoms with Gasteiger partial charge in [-0.3, -0.25) is 4.79 Å². The molecule has 1 aliphatic heterocycles. The summed E-state index contributed by atoms with van der Waals surface area (Å²) in [5, 5.41) is 3.54. The molecule has 1 atom stereocenters. The van der Waals surface area contributed by atoms with Crippen molar-refractivity contribution in [3.8, 4) is 10.6 Å². The predicted octanol–water partition coefficient (Wildman–Crippen LogP) is 5.78. The Morgan fingerprint density at radius 2 is 1.96 bits per heavy atom. The fourth-order valence-electron chi connectivity index (χ4n) is 2.94. The van der Waals surface area contributed by atoms with Crippen LogP contribution >= 0.6 is 11.3 Å². The zero-order chi connectivity index (χ0) is 21.1. The Hall–Kier alpha value is -2.04. The topological polar surface area (TPSA) is 46.3 Å². The number of amides is 1. The van der Waals surface area contributed by atoms with Crippen LogP contribution in [0.1, 0.15) is 40.8 Å². The smallest absolute Gasteiger partial charge is 0.351 e. The molecule has 1 fully saturated rings. The number of likely N-dealkylation sites (tertiary alicyclic amines) is 1.